The van der Waals surface area contributed by atoms with Crippen LogP contribution in [0.2, 0.25) is 0 Å². The van der Waals surface area contributed by atoms with E-state index in [0.29, 0.717) is 37.4 Å². The van der Waals surface area contributed by atoms with Crippen molar-refractivity contribution in [3.63, 3.8) is 0 Å². The Bertz CT molecular complexity index is 1120. The molecule has 0 atom stereocenters. The van der Waals surface area contributed by atoms with Crippen molar-refractivity contribution in [3.05, 3.63) is 52.3 Å². The summed E-state index contributed by atoms with van der Waals surface area (Å²) in [7, 11) is -1.81. The second-order valence-electron chi connectivity index (χ2n) is 7.51. The molecule has 3 rings (SSSR count). The van der Waals surface area contributed by atoms with Gasteiger partial charge < -0.3 is 9.47 Å². The quantitative estimate of drug-likeness (QED) is 0.250. The van der Waals surface area contributed by atoms with E-state index in [0.717, 1.165) is 24.1 Å². The van der Waals surface area contributed by atoms with Crippen LogP contribution in [0.5, 0.6) is 11.5 Å². The van der Waals surface area contributed by atoms with Gasteiger partial charge in [0.15, 0.2) is 39.7 Å². The number of nitrogens with zero attached hydrogens (tertiary/aromatic N) is 1. The topological polar surface area (TPSA) is 67.9 Å². The molecule has 0 spiro atoms. The smallest absolute Gasteiger partial charge is 0.246 e. The van der Waals surface area contributed by atoms with Crippen LogP contribution in [-0.4, -0.2) is 47.2 Å². The molecule has 0 aliphatic carbocycles. The standard InChI is InChI=1S/C21H23F5N2O4S/c1-31-14-9-12-5-8-28(11-13(12)10-15(14)32-2)7-4-3-6-27-33(29,30)21-19(25)17(23)16(22)18(24)20(21)26/h9-10,27H,3-8,11H2,1-2H3. The molecule has 0 saturated heterocycles. The third-order valence-electron chi connectivity index (χ3n) is 5.43. The molecule has 2 aromatic carbocycles. The van der Waals surface area contributed by atoms with Crippen LogP contribution < -0.4 is 14.2 Å². The lowest BCUT2D eigenvalue weighted by molar-refractivity contribution is 0.248. The van der Waals surface area contributed by atoms with E-state index in [1.54, 1.807) is 14.2 Å². The average molecular weight is 494 g/mol. The fraction of sp³-hybridized carbons (Fsp3) is 0.429. The molecule has 2 aromatic rings. The first-order valence-corrected chi connectivity index (χ1v) is 11.6. The second-order valence-corrected chi connectivity index (χ2v) is 9.21. The maximum atomic E-state index is 13.8. The van der Waals surface area contributed by atoms with Crippen molar-refractivity contribution < 1.29 is 39.8 Å². The Morgan fingerprint density at radius 1 is 0.879 bits per heavy atom. The van der Waals surface area contributed by atoms with Crippen molar-refractivity contribution in [3.8, 4) is 11.5 Å². The van der Waals surface area contributed by atoms with Crippen LogP contribution in [0, 0.1) is 29.1 Å². The van der Waals surface area contributed by atoms with Gasteiger partial charge in [-0.15, -0.1) is 0 Å². The highest BCUT2D eigenvalue weighted by Crippen LogP contribution is 2.33. The summed E-state index contributed by atoms with van der Waals surface area (Å²) in [5.74, 6) is -10.5. The van der Waals surface area contributed by atoms with E-state index in [4.69, 9.17) is 9.47 Å². The predicted molar refractivity (Wildman–Crippen MR) is 109 cm³/mol. The molecule has 0 aromatic heterocycles. The van der Waals surface area contributed by atoms with Gasteiger partial charge in [-0.2, -0.15) is 0 Å². The third kappa shape index (κ3) is 5.22. The first kappa shape index (κ1) is 25.2. The van der Waals surface area contributed by atoms with E-state index in [1.807, 2.05) is 16.9 Å². The SMILES string of the molecule is COc1cc2c(cc1OC)CN(CCCCNS(=O)(=O)c1c(F)c(F)c(F)c(F)c1F)CC2. The Morgan fingerprint density at radius 3 is 2.00 bits per heavy atom. The van der Waals surface area contributed by atoms with Crippen LogP contribution >= 0.6 is 0 Å². The van der Waals surface area contributed by atoms with Crippen molar-refractivity contribution in [2.75, 3.05) is 33.9 Å². The maximum Gasteiger partial charge on any atom is 0.246 e. The zero-order valence-electron chi connectivity index (χ0n) is 18.0. The van der Waals surface area contributed by atoms with Crippen molar-refractivity contribution in [2.45, 2.75) is 30.7 Å². The molecule has 1 aliphatic rings. The summed E-state index contributed by atoms with van der Waals surface area (Å²) < 4.78 is 104. The largest absolute Gasteiger partial charge is 0.493 e. The van der Waals surface area contributed by atoms with Gasteiger partial charge in [-0.3, -0.25) is 4.90 Å². The number of methoxy groups -OCH3 is 2. The minimum Gasteiger partial charge on any atom is -0.493 e. The number of fused-ring (bicyclic) bond motifs is 1. The highest BCUT2D eigenvalue weighted by atomic mass is 32.2. The number of hydrogen-bond acceptors (Lipinski definition) is 5. The summed E-state index contributed by atoms with van der Waals surface area (Å²) in [6.07, 6.45) is 1.63. The number of ether oxygens (including phenoxy) is 2. The van der Waals surface area contributed by atoms with E-state index in [2.05, 4.69) is 4.90 Å². The van der Waals surface area contributed by atoms with E-state index in [9.17, 15) is 30.4 Å². The number of hydrogen-bond donors (Lipinski definition) is 1. The lowest BCUT2D eigenvalue weighted by atomic mass is 9.98. The first-order chi connectivity index (χ1) is 15.6. The van der Waals surface area contributed by atoms with E-state index < -0.39 is 44.0 Å². The number of benzene rings is 2. The fourth-order valence-corrected chi connectivity index (χ4v) is 4.90. The van der Waals surface area contributed by atoms with Crippen molar-refractivity contribution in [1.29, 1.82) is 0 Å². The number of halogens is 5. The molecule has 1 heterocycles. The van der Waals surface area contributed by atoms with Crippen molar-refractivity contribution in [1.82, 2.24) is 9.62 Å². The molecule has 1 N–H and O–H groups in total. The Balaban J connectivity index is 1.55. The molecule has 0 saturated carbocycles. The summed E-state index contributed by atoms with van der Waals surface area (Å²) in [5.41, 5.74) is 2.24. The maximum absolute atomic E-state index is 13.8. The Morgan fingerprint density at radius 2 is 1.42 bits per heavy atom. The van der Waals surface area contributed by atoms with E-state index >= 15 is 0 Å². The molecular weight excluding hydrogens is 471 g/mol. The number of sulfonamides is 1. The summed E-state index contributed by atoms with van der Waals surface area (Å²) >= 11 is 0. The lowest BCUT2D eigenvalue weighted by Crippen LogP contribution is -2.32. The van der Waals surface area contributed by atoms with Crippen LogP contribution in [-0.2, 0) is 23.0 Å². The minimum absolute atomic E-state index is 0.225. The second kappa shape index (κ2) is 10.2. The van der Waals surface area contributed by atoms with Crippen LogP contribution in [0.4, 0.5) is 22.0 Å². The molecule has 1 aliphatic heterocycles. The zero-order valence-corrected chi connectivity index (χ0v) is 18.8. The number of unbranched alkanes of at least 4 members (excludes halogenated alkanes) is 1. The highest BCUT2D eigenvalue weighted by Gasteiger charge is 2.33. The van der Waals surface area contributed by atoms with Gasteiger partial charge in [0.25, 0.3) is 0 Å². The van der Waals surface area contributed by atoms with Gasteiger partial charge >= 0.3 is 0 Å². The van der Waals surface area contributed by atoms with E-state index in [-0.39, 0.29) is 6.54 Å². The first-order valence-electron chi connectivity index (χ1n) is 10.1. The summed E-state index contributed by atoms with van der Waals surface area (Å²) in [5, 5.41) is 0. The van der Waals surface area contributed by atoms with Gasteiger partial charge in [0.2, 0.25) is 15.8 Å². The monoisotopic (exact) mass is 494 g/mol. The molecule has 0 fully saturated rings. The predicted octanol–water partition coefficient (Wildman–Crippen LogP) is 3.52. The molecule has 33 heavy (non-hydrogen) atoms. The number of rotatable bonds is 9. The van der Waals surface area contributed by atoms with Crippen LogP contribution in [0.15, 0.2) is 17.0 Å². The van der Waals surface area contributed by atoms with Gasteiger partial charge in [-0.25, -0.2) is 35.1 Å². The Hall–Kier alpha value is -2.44. The summed E-state index contributed by atoms with van der Waals surface area (Å²) in [4.78, 5) is 0.281. The van der Waals surface area contributed by atoms with Gasteiger partial charge in [-0.1, -0.05) is 0 Å². The third-order valence-corrected chi connectivity index (χ3v) is 6.91. The molecule has 12 heteroatoms. The van der Waals surface area contributed by atoms with Crippen LogP contribution in [0.1, 0.15) is 24.0 Å². The Kier molecular flexibility index (Phi) is 7.80. The summed E-state index contributed by atoms with van der Waals surface area (Å²) in [6.45, 7) is 1.83. The van der Waals surface area contributed by atoms with Crippen LogP contribution in [0.25, 0.3) is 0 Å². The molecule has 0 unspecified atom stereocenters. The molecule has 182 valence electrons. The van der Waals surface area contributed by atoms with Gasteiger partial charge in [0.05, 0.1) is 14.2 Å². The minimum atomic E-state index is -4.93. The lowest BCUT2D eigenvalue weighted by Gasteiger charge is -2.29. The Labute approximate surface area is 188 Å². The molecule has 0 radical (unpaired) electrons. The van der Waals surface area contributed by atoms with Gasteiger partial charge in [0, 0.05) is 19.6 Å². The van der Waals surface area contributed by atoms with Gasteiger partial charge in [0.1, 0.15) is 0 Å². The summed E-state index contributed by atoms with van der Waals surface area (Å²) in [6, 6.07) is 3.86. The fourth-order valence-electron chi connectivity index (χ4n) is 3.69. The van der Waals surface area contributed by atoms with Crippen molar-refractivity contribution in [2.24, 2.45) is 0 Å². The molecule has 0 amide bonds. The van der Waals surface area contributed by atoms with Crippen molar-refractivity contribution >= 4 is 10.0 Å². The zero-order chi connectivity index (χ0) is 24.3. The molecule has 6 nitrogen and oxygen atoms in total. The highest BCUT2D eigenvalue weighted by molar-refractivity contribution is 7.89. The molecule has 0 bridgehead atoms. The average Bonchev–Trinajstić information content (AvgIpc) is 2.80. The normalized spacial score (nSPS) is 14.3. The number of nitrogens with one attached hydrogen (secondary N) is 1. The molecular formula is C21H23F5N2O4S. The van der Waals surface area contributed by atoms with Crippen LogP contribution in [0.3, 0.4) is 0 Å². The van der Waals surface area contributed by atoms with Gasteiger partial charge in [-0.05, 0) is 49.1 Å². The van der Waals surface area contributed by atoms with E-state index in [1.165, 1.54) is 0 Å².